The molecule has 8 heteroatoms. The van der Waals surface area contributed by atoms with Crippen molar-refractivity contribution < 1.29 is 14.5 Å². The van der Waals surface area contributed by atoms with Crippen molar-refractivity contribution in [2.24, 2.45) is 0 Å². The number of rotatable bonds is 6. The van der Waals surface area contributed by atoms with Gasteiger partial charge in [0.25, 0.3) is 5.69 Å². The van der Waals surface area contributed by atoms with Crippen molar-refractivity contribution in [1.29, 1.82) is 0 Å². The largest absolute Gasteiger partial charge is 0.494 e. The highest BCUT2D eigenvalue weighted by Crippen LogP contribution is 2.30. The first kappa shape index (κ1) is 18.7. The Hall–Kier alpha value is -3.13. The van der Waals surface area contributed by atoms with Crippen LogP contribution in [0.15, 0.2) is 59.6 Å². The first-order chi connectivity index (χ1) is 13.0. The molecule has 3 rings (SSSR count). The second-order valence-electron chi connectivity index (χ2n) is 5.73. The van der Waals surface area contributed by atoms with Crippen LogP contribution in [0.5, 0.6) is 5.75 Å². The smallest absolute Gasteiger partial charge is 0.273 e. The van der Waals surface area contributed by atoms with E-state index in [-0.39, 0.29) is 17.3 Å². The van der Waals surface area contributed by atoms with E-state index in [0.717, 1.165) is 15.9 Å². The maximum absolute atomic E-state index is 12.5. The number of non-ortho nitro benzene ring substituents is 1. The molecule has 1 aromatic heterocycles. The van der Waals surface area contributed by atoms with Crippen LogP contribution in [0.3, 0.4) is 0 Å². The zero-order valence-corrected chi connectivity index (χ0v) is 15.5. The monoisotopic (exact) mass is 383 g/mol. The Morgan fingerprint density at radius 1 is 1.22 bits per heavy atom. The number of carbonyl (C=O) groups is 1. The standard InChI is InChI=1S/C19H17N3O4S/c1-12(27-18-10-7-13-5-3-4-6-15(13)20-18)19(23)21-16-9-8-14(22(24)25)11-17(16)26-2/h3-12H,1-2H3,(H,21,23)/t12-/m1/s1. The molecule has 7 nitrogen and oxygen atoms in total. The van der Waals surface area contributed by atoms with Gasteiger partial charge in [0.2, 0.25) is 5.91 Å². The maximum Gasteiger partial charge on any atom is 0.273 e. The fourth-order valence-electron chi connectivity index (χ4n) is 2.48. The number of thioether (sulfide) groups is 1. The summed E-state index contributed by atoms with van der Waals surface area (Å²) >= 11 is 1.34. The average Bonchev–Trinajstić information content (AvgIpc) is 2.67. The van der Waals surface area contributed by atoms with Crippen molar-refractivity contribution in [3.63, 3.8) is 0 Å². The second-order valence-corrected chi connectivity index (χ2v) is 7.09. The third kappa shape index (κ3) is 4.35. The molecule has 138 valence electrons. The minimum absolute atomic E-state index is 0.104. The van der Waals surface area contributed by atoms with Crippen molar-refractivity contribution in [1.82, 2.24) is 4.98 Å². The number of fused-ring (bicyclic) bond motifs is 1. The van der Waals surface area contributed by atoms with E-state index in [2.05, 4.69) is 10.3 Å². The highest BCUT2D eigenvalue weighted by atomic mass is 32.2. The SMILES string of the molecule is COc1cc([N+](=O)[O-])ccc1NC(=O)[C@@H](C)Sc1ccc2ccccc2n1. The zero-order chi connectivity index (χ0) is 19.4. The Balaban J connectivity index is 1.72. The Labute approximate surface area is 159 Å². The van der Waals surface area contributed by atoms with Crippen molar-refractivity contribution >= 4 is 39.9 Å². The van der Waals surface area contributed by atoms with Crippen molar-refractivity contribution in [3.8, 4) is 5.75 Å². The number of hydrogen-bond donors (Lipinski definition) is 1. The van der Waals surface area contributed by atoms with Crippen LogP contribution in [0, 0.1) is 10.1 Å². The van der Waals surface area contributed by atoms with Crippen LogP contribution in [0.1, 0.15) is 6.92 Å². The van der Waals surface area contributed by atoms with Gasteiger partial charge < -0.3 is 10.1 Å². The number of pyridine rings is 1. The van der Waals surface area contributed by atoms with Crippen molar-refractivity contribution in [2.75, 3.05) is 12.4 Å². The van der Waals surface area contributed by atoms with Gasteiger partial charge in [0.1, 0.15) is 5.75 Å². The number of nitro groups is 1. The van der Waals surface area contributed by atoms with Crippen LogP contribution >= 0.6 is 11.8 Å². The van der Waals surface area contributed by atoms with E-state index in [1.807, 2.05) is 36.4 Å². The fraction of sp³-hybridized carbons (Fsp3) is 0.158. The molecule has 2 aromatic carbocycles. The molecule has 0 saturated heterocycles. The molecule has 27 heavy (non-hydrogen) atoms. The molecule has 0 spiro atoms. The number of para-hydroxylation sites is 1. The Kier molecular flexibility index (Phi) is 5.56. The van der Waals surface area contributed by atoms with E-state index in [4.69, 9.17) is 4.74 Å². The molecule has 0 aliphatic rings. The topological polar surface area (TPSA) is 94.4 Å². The Morgan fingerprint density at radius 3 is 2.74 bits per heavy atom. The van der Waals surface area contributed by atoms with Gasteiger partial charge in [0, 0.05) is 11.5 Å². The molecule has 0 radical (unpaired) electrons. The molecule has 0 unspecified atom stereocenters. The summed E-state index contributed by atoms with van der Waals surface area (Å²) in [6, 6.07) is 15.7. The minimum Gasteiger partial charge on any atom is -0.494 e. The van der Waals surface area contributed by atoms with Crippen LogP contribution in [-0.2, 0) is 4.79 Å². The van der Waals surface area contributed by atoms with Crippen molar-refractivity contribution in [3.05, 3.63) is 64.7 Å². The van der Waals surface area contributed by atoms with Crippen LogP contribution in [-0.4, -0.2) is 28.2 Å². The lowest BCUT2D eigenvalue weighted by molar-refractivity contribution is -0.384. The van der Waals surface area contributed by atoms with Crippen LogP contribution in [0.25, 0.3) is 10.9 Å². The average molecular weight is 383 g/mol. The van der Waals surface area contributed by atoms with Crippen LogP contribution < -0.4 is 10.1 Å². The molecule has 0 fully saturated rings. The van der Waals surface area contributed by atoms with Gasteiger partial charge in [0.15, 0.2) is 0 Å². The molecule has 0 aliphatic carbocycles. The number of hydrogen-bond acceptors (Lipinski definition) is 6. The number of aromatic nitrogens is 1. The van der Waals surface area contributed by atoms with Gasteiger partial charge >= 0.3 is 0 Å². The number of anilines is 1. The first-order valence-electron chi connectivity index (χ1n) is 8.13. The lowest BCUT2D eigenvalue weighted by Crippen LogP contribution is -2.22. The van der Waals surface area contributed by atoms with Gasteiger partial charge in [-0.3, -0.25) is 14.9 Å². The van der Waals surface area contributed by atoms with E-state index in [9.17, 15) is 14.9 Å². The fourth-order valence-corrected chi connectivity index (χ4v) is 3.30. The molecule has 1 amide bonds. The summed E-state index contributed by atoms with van der Waals surface area (Å²) in [5, 5.41) is 15.0. The summed E-state index contributed by atoms with van der Waals surface area (Å²) in [5.74, 6) is -0.0132. The number of nitrogens with one attached hydrogen (secondary N) is 1. The summed E-state index contributed by atoms with van der Waals surface area (Å²) in [6.07, 6.45) is 0. The second kappa shape index (κ2) is 8.05. The highest BCUT2D eigenvalue weighted by Gasteiger charge is 2.19. The number of benzene rings is 2. The summed E-state index contributed by atoms with van der Waals surface area (Å²) in [6.45, 7) is 1.77. The summed E-state index contributed by atoms with van der Waals surface area (Å²) in [7, 11) is 1.39. The third-order valence-electron chi connectivity index (χ3n) is 3.89. The third-order valence-corrected chi connectivity index (χ3v) is 4.93. The summed E-state index contributed by atoms with van der Waals surface area (Å²) < 4.78 is 5.14. The minimum atomic E-state index is -0.516. The number of ether oxygens (including phenoxy) is 1. The summed E-state index contributed by atoms with van der Waals surface area (Å²) in [5.41, 5.74) is 1.15. The first-order valence-corrected chi connectivity index (χ1v) is 9.01. The lowest BCUT2D eigenvalue weighted by Gasteiger charge is -2.14. The van der Waals surface area contributed by atoms with E-state index in [1.54, 1.807) is 6.92 Å². The van der Waals surface area contributed by atoms with E-state index in [0.29, 0.717) is 5.69 Å². The lowest BCUT2D eigenvalue weighted by atomic mass is 10.2. The van der Waals surface area contributed by atoms with Crippen LogP contribution in [0.4, 0.5) is 11.4 Å². The highest BCUT2D eigenvalue weighted by molar-refractivity contribution is 8.00. The van der Waals surface area contributed by atoms with Gasteiger partial charge in [-0.15, -0.1) is 0 Å². The molecular weight excluding hydrogens is 366 g/mol. The molecule has 0 saturated carbocycles. The Bertz CT molecular complexity index is 1010. The molecular formula is C19H17N3O4S. The van der Waals surface area contributed by atoms with Gasteiger partial charge in [-0.25, -0.2) is 4.98 Å². The molecule has 1 N–H and O–H groups in total. The predicted octanol–water partition coefficient (Wildman–Crippen LogP) is 4.27. The van der Waals surface area contributed by atoms with E-state index < -0.39 is 10.2 Å². The number of nitro benzene ring substituents is 1. The molecule has 0 bridgehead atoms. The van der Waals surface area contributed by atoms with Crippen LogP contribution in [0.2, 0.25) is 0 Å². The van der Waals surface area contributed by atoms with E-state index in [1.165, 1.54) is 37.1 Å². The molecule has 3 aromatic rings. The van der Waals surface area contributed by atoms with Gasteiger partial charge in [-0.1, -0.05) is 36.0 Å². The van der Waals surface area contributed by atoms with Gasteiger partial charge in [-0.05, 0) is 25.1 Å². The number of carbonyl (C=O) groups excluding carboxylic acids is 1. The van der Waals surface area contributed by atoms with E-state index >= 15 is 0 Å². The summed E-state index contributed by atoms with van der Waals surface area (Å²) in [4.78, 5) is 27.4. The van der Waals surface area contributed by atoms with Gasteiger partial charge in [-0.2, -0.15) is 0 Å². The maximum atomic E-state index is 12.5. The quantitative estimate of drug-likeness (QED) is 0.388. The normalized spacial score (nSPS) is 11.8. The Morgan fingerprint density at radius 2 is 2.00 bits per heavy atom. The zero-order valence-electron chi connectivity index (χ0n) is 14.7. The molecule has 1 heterocycles. The molecule has 1 atom stereocenters. The molecule has 0 aliphatic heterocycles. The number of nitrogens with zero attached hydrogens (tertiary/aromatic N) is 2. The predicted molar refractivity (Wildman–Crippen MR) is 105 cm³/mol. The van der Waals surface area contributed by atoms with Crippen molar-refractivity contribution in [2.45, 2.75) is 17.2 Å². The van der Waals surface area contributed by atoms with Gasteiger partial charge in [0.05, 0.1) is 39.6 Å². The number of amides is 1. The number of methoxy groups -OCH3 is 1.